The number of hydrogen-bond acceptors (Lipinski definition) is 3. The molecule has 0 aliphatic heterocycles. The maximum atomic E-state index is 12.4. The molecule has 21 heavy (non-hydrogen) atoms. The molecule has 0 heterocycles. The zero-order valence-electron chi connectivity index (χ0n) is 15.0. The first-order chi connectivity index (χ1) is 9.49. The number of amides is 1. The molecule has 0 bridgehead atoms. The maximum Gasteiger partial charge on any atom is 0.410 e. The van der Waals surface area contributed by atoms with Gasteiger partial charge in [0.1, 0.15) is 5.60 Å². The normalized spacial score (nSPS) is 18.0. The summed E-state index contributed by atoms with van der Waals surface area (Å²) in [4.78, 5) is 14.2. The number of carbonyl (C=O) groups is 1. The molecule has 0 saturated heterocycles. The van der Waals surface area contributed by atoms with Crippen molar-refractivity contribution >= 4 is 6.09 Å². The summed E-state index contributed by atoms with van der Waals surface area (Å²) in [5.41, 5.74) is -0.368. The van der Waals surface area contributed by atoms with Crippen LogP contribution in [0.5, 0.6) is 0 Å². The molecular weight excluding hydrogens is 264 g/mol. The Kier molecular flexibility index (Phi) is 5.70. The summed E-state index contributed by atoms with van der Waals surface area (Å²) in [6.45, 7) is 15.6. The fourth-order valence-corrected chi connectivity index (χ4v) is 2.71. The smallest absolute Gasteiger partial charge is 0.410 e. The minimum absolute atomic E-state index is 0.226. The molecular formula is C17H34N2O2. The van der Waals surface area contributed by atoms with Gasteiger partial charge in [-0.1, -0.05) is 6.92 Å². The minimum atomic E-state index is -0.452. The van der Waals surface area contributed by atoms with Crippen molar-refractivity contribution in [2.75, 3.05) is 13.1 Å². The van der Waals surface area contributed by atoms with Crippen molar-refractivity contribution < 1.29 is 9.53 Å². The summed E-state index contributed by atoms with van der Waals surface area (Å²) < 4.78 is 5.53. The van der Waals surface area contributed by atoms with Crippen molar-refractivity contribution in [3.8, 4) is 0 Å². The Balaban J connectivity index is 2.57. The average molecular weight is 298 g/mol. The highest BCUT2D eigenvalue weighted by atomic mass is 16.6. The highest BCUT2D eigenvalue weighted by Crippen LogP contribution is 2.34. The summed E-state index contributed by atoms with van der Waals surface area (Å²) in [5, 5.41) is 3.65. The molecule has 1 rings (SSSR count). The van der Waals surface area contributed by atoms with Gasteiger partial charge >= 0.3 is 6.09 Å². The lowest BCUT2D eigenvalue weighted by Crippen LogP contribution is -2.55. The standard InChI is InChI=1S/C17H34N2O2/c1-8-17(10-9-11-17)18-12-13-19(15(2,3)4)14(20)21-16(5,6)7/h18H,8-13H2,1-7H3. The Morgan fingerprint density at radius 2 is 1.76 bits per heavy atom. The second kappa shape index (κ2) is 6.55. The van der Waals surface area contributed by atoms with E-state index in [4.69, 9.17) is 4.74 Å². The van der Waals surface area contributed by atoms with Gasteiger partial charge in [0.15, 0.2) is 0 Å². The average Bonchev–Trinajstić information content (AvgIpc) is 2.22. The van der Waals surface area contributed by atoms with Crippen LogP contribution in [0.1, 0.15) is 74.1 Å². The van der Waals surface area contributed by atoms with Gasteiger partial charge in [-0.05, 0) is 67.2 Å². The molecule has 1 aliphatic rings. The Hall–Kier alpha value is -0.770. The number of nitrogens with one attached hydrogen (secondary N) is 1. The Morgan fingerprint density at radius 3 is 2.10 bits per heavy atom. The molecule has 4 nitrogen and oxygen atoms in total. The largest absolute Gasteiger partial charge is 0.444 e. The van der Waals surface area contributed by atoms with Gasteiger partial charge in [0.05, 0.1) is 0 Å². The van der Waals surface area contributed by atoms with Crippen LogP contribution in [0.2, 0.25) is 0 Å². The van der Waals surface area contributed by atoms with Crippen LogP contribution in [-0.2, 0) is 4.74 Å². The van der Waals surface area contributed by atoms with Crippen LogP contribution in [0.15, 0.2) is 0 Å². The molecule has 0 atom stereocenters. The Bertz CT molecular complexity index is 343. The lowest BCUT2D eigenvalue weighted by atomic mass is 9.75. The summed E-state index contributed by atoms with van der Waals surface area (Å²) in [7, 11) is 0. The van der Waals surface area contributed by atoms with Crippen LogP contribution in [0, 0.1) is 0 Å². The molecule has 0 aromatic heterocycles. The van der Waals surface area contributed by atoms with Crippen LogP contribution in [0.3, 0.4) is 0 Å². The van der Waals surface area contributed by atoms with Gasteiger partial charge in [-0.25, -0.2) is 4.79 Å². The highest BCUT2D eigenvalue weighted by Gasteiger charge is 2.35. The fourth-order valence-electron chi connectivity index (χ4n) is 2.71. The second-order valence-corrected chi connectivity index (χ2v) is 8.22. The molecule has 4 heteroatoms. The van der Waals surface area contributed by atoms with Crippen molar-refractivity contribution in [2.24, 2.45) is 0 Å². The van der Waals surface area contributed by atoms with Crippen LogP contribution in [-0.4, -0.2) is 40.8 Å². The van der Waals surface area contributed by atoms with Crippen molar-refractivity contribution in [3.05, 3.63) is 0 Å². The van der Waals surface area contributed by atoms with E-state index < -0.39 is 5.60 Å². The van der Waals surface area contributed by atoms with E-state index in [1.54, 1.807) is 0 Å². The van der Waals surface area contributed by atoms with E-state index in [-0.39, 0.29) is 11.6 Å². The Labute approximate surface area is 130 Å². The third-order valence-corrected chi connectivity index (χ3v) is 4.25. The second-order valence-electron chi connectivity index (χ2n) is 8.22. The van der Waals surface area contributed by atoms with Gasteiger partial charge in [0.25, 0.3) is 0 Å². The third-order valence-electron chi connectivity index (χ3n) is 4.25. The monoisotopic (exact) mass is 298 g/mol. The van der Waals surface area contributed by atoms with Crippen molar-refractivity contribution in [2.45, 2.75) is 90.8 Å². The van der Waals surface area contributed by atoms with E-state index in [1.165, 1.54) is 19.3 Å². The minimum Gasteiger partial charge on any atom is -0.444 e. The van der Waals surface area contributed by atoms with E-state index in [9.17, 15) is 4.79 Å². The highest BCUT2D eigenvalue weighted by molar-refractivity contribution is 5.69. The molecule has 1 N–H and O–H groups in total. The molecule has 0 unspecified atom stereocenters. The maximum absolute atomic E-state index is 12.4. The first kappa shape index (κ1) is 18.3. The van der Waals surface area contributed by atoms with Crippen LogP contribution in [0.4, 0.5) is 4.79 Å². The number of ether oxygens (including phenoxy) is 1. The number of rotatable bonds is 5. The quantitative estimate of drug-likeness (QED) is 0.835. The van der Waals surface area contributed by atoms with Crippen molar-refractivity contribution in [3.63, 3.8) is 0 Å². The summed E-state index contributed by atoms with van der Waals surface area (Å²) >= 11 is 0. The van der Waals surface area contributed by atoms with Crippen molar-refractivity contribution in [1.29, 1.82) is 0 Å². The van der Waals surface area contributed by atoms with Crippen LogP contribution >= 0.6 is 0 Å². The SMILES string of the molecule is CCC1(NCCN(C(=O)OC(C)(C)C)C(C)(C)C)CCC1. The van der Waals surface area contributed by atoms with E-state index in [0.717, 1.165) is 13.0 Å². The topological polar surface area (TPSA) is 41.6 Å². The van der Waals surface area contributed by atoms with E-state index in [2.05, 4.69) is 33.0 Å². The van der Waals surface area contributed by atoms with Gasteiger partial charge in [0, 0.05) is 24.2 Å². The number of hydrogen-bond donors (Lipinski definition) is 1. The molecule has 1 fully saturated rings. The Morgan fingerprint density at radius 1 is 1.19 bits per heavy atom. The molecule has 1 aliphatic carbocycles. The molecule has 0 aromatic rings. The van der Waals surface area contributed by atoms with E-state index in [0.29, 0.717) is 12.1 Å². The lowest BCUT2D eigenvalue weighted by Gasteiger charge is -2.43. The zero-order valence-corrected chi connectivity index (χ0v) is 15.0. The molecule has 124 valence electrons. The van der Waals surface area contributed by atoms with Crippen LogP contribution in [0.25, 0.3) is 0 Å². The van der Waals surface area contributed by atoms with E-state index >= 15 is 0 Å². The predicted octanol–water partition coefficient (Wildman–Crippen LogP) is 3.94. The van der Waals surface area contributed by atoms with Gasteiger partial charge in [-0.15, -0.1) is 0 Å². The zero-order chi connectivity index (χ0) is 16.3. The summed E-state index contributed by atoms with van der Waals surface area (Å²) in [5.74, 6) is 0. The van der Waals surface area contributed by atoms with Gasteiger partial charge < -0.3 is 15.0 Å². The van der Waals surface area contributed by atoms with Gasteiger partial charge in [-0.3, -0.25) is 0 Å². The molecule has 1 amide bonds. The van der Waals surface area contributed by atoms with Crippen molar-refractivity contribution in [1.82, 2.24) is 10.2 Å². The number of carbonyl (C=O) groups excluding carboxylic acids is 1. The molecule has 1 saturated carbocycles. The lowest BCUT2D eigenvalue weighted by molar-refractivity contribution is 0.00544. The summed E-state index contributed by atoms with van der Waals surface area (Å²) in [6, 6.07) is 0. The number of nitrogens with zero attached hydrogens (tertiary/aromatic N) is 1. The molecule has 0 radical (unpaired) electrons. The first-order valence-corrected chi connectivity index (χ1v) is 8.25. The fraction of sp³-hybridized carbons (Fsp3) is 0.941. The van der Waals surface area contributed by atoms with Gasteiger partial charge in [0.2, 0.25) is 0 Å². The molecule has 0 spiro atoms. The third kappa shape index (κ3) is 5.50. The van der Waals surface area contributed by atoms with Gasteiger partial charge in [-0.2, -0.15) is 0 Å². The predicted molar refractivity (Wildman–Crippen MR) is 87.6 cm³/mol. The van der Waals surface area contributed by atoms with E-state index in [1.807, 2.05) is 25.7 Å². The summed E-state index contributed by atoms with van der Waals surface area (Å²) in [6.07, 6.45) is 4.76. The molecule has 0 aromatic carbocycles. The van der Waals surface area contributed by atoms with Crippen LogP contribution < -0.4 is 5.32 Å². The first-order valence-electron chi connectivity index (χ1n) is 8.25.